The summed E-state index contributed by atoms with van der Waals surface area (Å²) < 4.78 is 0. The predicted octanol–water partition coefficient (Wildman–Crippen LogP) is 4.88. The van der Waals surface area contributed by atoms with E-state index in [2.05, 4.69) is 10.6 Å². The molecule has 0 aliphatic carbocycles. The van der Waals surface area contributed by atoms with Gasteiger partial charge in [-0.15, -0.1) is 11.8 Å². The molecule has 0 radical (unpaired) electrons. The summed E-state index contributed by atoms with van der Waals surface area (Å²) in [5.41, 5.74) is 1.14. The molecule has 0 saturated heterocycles. The van der Waals surface area contributed by atoms with Gasteiger partial charge in [-0.3, -0.25) is 9.59 Å². The first-order chi connectivity index (χ1) is 13.5. The summed E-state index contributed by atoms with van der Waals surface area (Å²) in [6.07, 6.45) is 0.415. The maximum absolute atomic E-state index is 12.5. The number of aromatic carboxylic acids is 1. The highest BCUT2D eigenvalue weighted by Crippen LogP contribution is 2.27. The number of amides is 2. The molecule has 0 heterocycles. The molecule has 0 aromatic heterocycles. The van der Waals surface area contributed by atoms with Crippen molar-refractivity contribution in [3.8, 4) is 0 Å². The van der Waals surface area contributed by atoms with E-state index in [0.717, 1.165) is 4.90 Å². The summed E-state index contributed by atoms with van der Waals surface area (Å²) in [4.78, 5) is 36.5. The van der Waals surface area contributed by atoms with Crippen molar-refractivity contribution in [3.05, 3.63) is 54.1 Å². The molecule has 0 saturated carbocycles. The van der Waals surface area contributed by atoms with Gasteiger partial charge < -0.3 is 15.7 Å². The summed E-state index contributed by atoms with van der Waals surface area (Å²) in [5.74, 6) is -1.34. The standard InChI is InChI=1S/C22H26N2O4S/c1-14(20(26)24-16-8-5-7-15(11-16)21(27)28)29-18-10-6-9-17(12-18)23-19(25)13-22(2,3)4/h5-12,14H,13H2,1-4H3,(H,23,25)(H,24,26)(H,27,28). The lowest BCUT2D eigenvalue weighted by Gasteiger charge is -2.17. The maximum Gasteiger partial charge on any atom is 0.335 e. The number of benzene rings is 2. The minimum atomic E-state index is -1.05. The highest BCUT2D eigenvalue weighted by molar-refractivity contribution is 8.00. The van der Waals surface area contributed by atoms with E-state index in [9.17, 15) is 14.4 Å². The number of carboxylic acids is 1. The fourth-order valence-corrected chi connectivity index (χ4v) is 3.49. The Balaban J connectivity index is 1.98. The van der Waals surface area contributed by atoms with Gasteiger partial charge in [0.15, 0.2) is 0 Å². The summed E-state index contributed by atoms with van der Waals surface area (Å²) in [6.45, 7) is 7.79. The molecule has 2 amide bonds. The van der Waals surface area contributed by atoms with Crippen molar-refractivity contribution in [2.45, 2.75) is 44.3 Å². The molecule has 7 heteroatoms. The van der Waals surface area contributed by atoms with E-state index in [-0.39, 0.29) is 22.8 Å². The van der Waals surface area contributed by atoms with Gasteiger partial charge in [-0.25, -0.2) is 4.79 Å². The van der Waals surface area contributed by atoms with Gasteiger partial charge in [0.2, 0.25) is 11.8 Å². The Hall–Kier alpha value is -2.80. The molecule has 0 aliphatic heterocycles. The third-order valence-electron chi connectivity index (χ3n) is 3.87. The van der Waals surface area contributed by atoms with Crippen LogP contribution in [0.25, 0.3) is 0 Å². The number of carbonyl (C=O) groups is 3. The van der Waals surface area contributed by atoms with E-state index >= 15 is 0 Å². The van der Waals surface area contributed by atoms with Crippen molar-refractivity contribution in [3.63, 3.8) is 0 Å². The Morgan fingerprint density at radius 3 is 2.24 bits per heavy atom. The van der Waals surface area contributed by atoms with Crippen LogP contribution in [0.4, 0.5) is 11.4 Å². The summed E-state index contributed by atoms with van der Waals surface area (Å²) in [6, 6.07) is 13.5. The largest absolute Gasteiger partial charge is 0.478 e. The van der Waals surface area contributed by atoms with Gasteiger partial charge in [0, 0.05) is 22.7 Å². The van der Waals surface area contributed by atoms with Crippen LogP contribution in [-0.2, 0) is 9.59 Å². The van der Waals surface area contributed by atoms with Gasteiger partial charge in [-0.05, 0) is 48.7 Å². The summed E-state index contributed by atoms with van der Waals surface area (Å²) in [7, 11) is 0. The van der Waals surface area contributed by atoms with Gasteiger partial charge in [-0.2, -0.15) is 0 Å². The molecule has 2 aromatic rings. The topological polar surface area (TPSA) is 95.5 Å². The lowest BCUT2D eigenvalue weighted by atomic mass is 9.92. The van der Waals surface area contributed by atoms with Crippen LogP contribution >= 0.6 is 11.8 Å². The van der Waals surface area contributed by atoms with Crippen molar-refractivity contribution in [2.24, 2.45) is 5.41 Å². The number of hydrogen-bond donors (Lipinski definition) is 3. The number of hydrogen-bond acceptors (Lipinski definition) is 4. The first kappa shape index (κ1) is 22.5. The lowest BCUT2D eigenvalue weighted by Crippen LogP contribution is -2.22. The molecule has 6 nitrogen and oxygen atoms in total. The second-order valence-electron chi connectivity index (χ2n) is 7.95. The average molecular weight is 415 g/mol. The smallest absolute Gasteiger partial charge is 0.335 e. The average Bonchev–Trinajstić information content (AvgIpc) is 2.60. The van der Waals surface area contributed by atoms with Crippen molar-refractivity contribution in [1.29, 1.82) is 0 Å². The molecule has 2 rings (SSSR count). The lowest BCUT2D eigenvalue weighted by molar-refractivity contribution is -0.118. The van der Waals surface area contributed by atoms with Crippen LogP contribution in [0.1, 0.15) is 44.5 Å². The fraction of sp³-hybridized carbons (Fsp3) is 0.318. The van der Waals surface area contributed by atoms with Crippen LogP contribution in [0, 0.1) is 5.41 Å². The molecule has 0 spiro atoms. The van der Waals surface area contributed by atoms with E-state index in [0.29, 0.717) is 17.8 Å². The highest BCUT2D eigenvalue weighted by Gasteiger charge is 2.17. The normalized spacial score (nSPS) is 12.1. The SMILES string of the molecule is CC(Sc1cccc(NC(=O)CC(C)(C)C)c1)C(=O)Nc1cccc(C(=O)O)c1. The monoisotopic (exact) mass is 414 g/mol. The Kier molecular flexibility index (Phi) is 7.45. The molecule has 0 fully saturated rings. The van der Waals surface area contributed by atoms with Crippen LogP contribution in [0.15, 0.2) is 53.4 Å². The molecular formula is C22H26N2O4S. The number of nitrogens with one attached hydrogen (secondary N) is 2. The minimum Gasteiger partial charge on any atom is -0.478 e. The van der Waals surface area contributed by atoms with Crippen molar-refractivity contribution in [2.75, 3.05) is 10.6 Å². The van der Waals surface area contributed by atoms with E-state index in [1.54, 1.807) is 19.1 Å². The van der Waals surface area contributed by atoms with Crippen LogP contribution in [-0.4, -0.2) is 28.1 Å². The van der Waals surface area contributed by atoms with Gasteiger partial charge >= 0.3 is 5.97 Å². The van der Waals surface area contributed by atoms with Crippen LogP contribution < -0.4 is 10.6 Å². The molecule has 3 N–H and O–H groups in total. The Morgan fingerprint density at radius 1 is 1.00 bits per heavy atom. The Bertz CT molecular complexity index is 906. The third-order valence-corrected chi connectivity index (χ3v) is 4.96. The minimum absolute atomic E-state index is 0.0521. The van der Waals surface area contributed by atoms with Gasteiger partial charge in [0.1, 0.15) is 0 Å². The van der Waals surface area contributed by atoms with E-state index in [1.165, 1.54) is 23.9 Å². The molecule has 2 aromatic carbocycles. The molecule has 1 unspecified atom stereocenters. The summed E-state index contributed by atoms with van der Waals surface area (Å²) in [5, 5.41) is 14.3. The van der Waals surface area contributed by atoms with E-state index in [4.69, 9.17) is 5.11 Å². The van der Waals surface area contributed by atoms with Crippen molar-refractivity contribution in [1.82, 2.24) is 0 Å². The quantitative estimate of drug-likeness (QED) is 0.561. The molecule has 0 aliphatic rings. The fourth-order valence-electron chi connectivity index (χ4n) is 2.57. The Labute approximate surface area is 175 Å². The zero-order valence-electron chi connectivity index (χ0n) is 17.0. The van der Waals surface area contributed by atoms with Gasteiger partial charge in [0.05, 0.1) is 10.8 Å². The third kappa shape index (κ3) is 7.62. The maximum atomic E-state index is 12.5. The Morgan fingerprint density at radius 2 is 1.62 bits per heavy atom. The zero-order chi connectivity index (χ0) is 21.6. The second kappa shape index (κ2) is 9.60. The molecule has 29 heavy (non-hydrogen) atoms. The highest BCUT2D eigenvalue weighted by atomic mass is 32.2. The number of rotatable bonds is 7. The number of carboxylic acid groups (broad SMARTS) is 1. The van der Waals surface area contributed by atoms with Crippen LogP contribution in [0.3, 0.4) is 0 Å². The number of carbonyl (C=O) groups excluding carboxylic acids is 2. The van der Waals surface area contributed by atoms with Crippen molar-refractivity contribution < 1.29 is 19.5 Å². The summed E-state index contributed by atoms with van der Waals surface area (Å²) >= 11 is 1.36. The van der Waals surface area contributed by atoms with Gasteiger partial charge in [0.25, 0.3) is 0 Å². The molecule has 1 atom stereocenters. The van der Waals surface area contributed by atoms with Crippen LogP contribution in [0.2, 0.25) is 0 Å². The van der Waals surface area contributed by atoms with Crippen LogP contribution in [0.5, 0.6) is 0 Å². The first-order valence-corrected chi connectivity index (χ1v) is 10.1. The predicted molar refractivity (Wildman–Crippen MR) is 116 cm³/mol. The second-order valence-corrected chi connectivity index (χ2v) is 9.36. The van der Waals surface area contributed by atoms with E-state index < -0.39 is 11.2 Å². The molecule has 154 valence electrons. The first-order valence-electron chi connectivity index (χ1n) is 9.24. The van der Waals surface area contributed by atoms with E-state index in [1.807, 2.05) is 45.0 Å². The number of anilines is 2. The molecule has 0 bridgehead atoms. The van der Waals surface area contributed by atoms with Crippen molar-refractivity contribution >= 4 is 40.9 Å². The van der Waals surface area contributed by atoms with Gasteiger partial charge in [-0.1, -0.05) is 32.9 Å². The zero-order valence-corrected chi connectivity index (χ0v) is 17.8. The number of thioether (sulfide) groups is 1. The molecular weight excluding hydrogens is 388 g/mol.